The number of esters is 1. The highest BCUT2D eigenvalue weighted by Gasteiger charge is 2.09. The van der Waals surface area contributed by atoms with E-state index in [4.69, 9.17) is 4.74 Å². The quantitative estimate of drug-likeness (QED) is 0.538. The van der Waals surface area contributed by atoms with Gasteiger partial charge in [0, 0.05) is 6.08 Å². The molecule has 14 heavy (non-hydrogen) atoms. The summed E-state index contributed by atoms with van der Waals surface area (Å²) in [5.74, 6) is 1.22. The number of hydrogen-bond donors (Lipinski definition) is 0. The van der Waals surface area contributed by atoms with E-state index in [1.807, 2.05) is 0 Å². The highest BCUT2D eigenvalue weighted by molar-refractivity contribution is 5.95. The number of hydrogen-bond acceptors (Lipinski definition) is 3. The topological polar surface area (TPSA) is 43.4 Å². The molecule has 0 saturated carbocycles. The van der Waals surface area contributed by atoms with Crippen LogP contribution in [-0.4, -0.2) is 18.5 Å². The maximum absolute atomic E-state index is 11.4. The van der Waals surface area contributed by atoms with Gasteiger partial charge >= 0.3 is 5.97 Å². The van der Waals surface area contributed by atoms with Crippen LogP contribution in [0.15, 0.2) is 24.3 Å². The van der Waals surface area contributed by atoms with E-state index >= 15 is 0 Å². The van der Waals surface area contributed by atoms with Crippen LogP contribution in [0.4, 0.5) is 0 Å². The average molecular weight is 190 g/mol. The van der Waals surface area contributed by atoms with Gasteiger partial charge in [0.25, 0.3) is 0 Å². The summed E-state index contributed by atoms with van der Waals surface area (Å²) in [5, 5.41) is 0. The van der Waals surface area contributed by atoms with Gasteiger partial charge in [0.2, 0.25) is 0 Å². The molecule has 72 valence electrons. The van der Waals surface area contributed by atoms with E-state index in [1.165, 1.54) is 6.08 Å². The Labute approximate surface area is 82.0 Å². The third kappa shape index (κ3) is 2.31. The van der Waals surface area contributed by atoms with E-state index < -0.39 is 5.97 Å². The summed E-state index contributed by atoms with van der Waals surface area (Å²) >= 11 is 0. The number of rotatable bonds is 3. The molecule has 3 nitrogen and oxygen atoms in total. The predicted molar refractivity (Wildman–Crippen MR) is 52.6 cm³/mol. The van der Waals surface area contributed by atoms with Gasteiger partial charge in [-0.2, -0.15) is 0 Å². The van der Waals surface area contributed by atoms with Gasteiger partial charge in [0.05, 0.1) is 12.2 Å². The Hall–Kier alpha value is -1.86. The van der Waals surface area contributed by atoms with E-state index in [9.17, 15) is 9.59 Å². The lowest BCUT2D eigenvalue weighted by Gasteiger charge is -2.03. The van der Waals surface area contributed by atoms with Gasteiger partial charge in [0.1, 0.15) is 5.94 Å². The zero-order valence-corrected chi connectivity index (χ0v) is 7.82. The van der Waals surface area contributed by atoms with Gasteiger partial charge in [-0.1, -0.05) is 18.2 Å². The lowest BCUT2D eigenvalue weighted by Crippen LogP contribution is -2.06. The van der Waals surface area contributed by atoms with Crippen molar-refractivity contribution < 1.29 is 14.3 Å². The molecule has 0 aliphatic heterocycles. The number of benzene rings is 1. The van der Waals surface area contributed by atoms with Crippen LogP contribution in [0, 0.1) is 0 Å². The molecule has 1 aromatic rings. The molecule has 0 spiro atoms. The van der Waals surface area contributed by atoms with Gasteiger partial charge in [-0.3, -0.25) is 0 Å². The summed E-state index contributed by atoms with van der Waals surface area (Å²) in [6.07, 6.45) is 1.21. The largest absolute Gasteiger partial charge is 0.462 e. The Morgan fingerprint density at radius 3 is 2.86 bits per heavy atom. The molecule has 0 heterocycles. The highest BCUT2D eigenvalue weighted by atomic mass is 16.5. The lowest BCUT2D eigenvalue weighted by atomic mass is 10.1. The van der Waals surface area contributed by atoms with Crippen molar-refractivity contribution >= 4 is 18.0 Å². The molecule has 0 aliphatic rings. The SMILES string of the molecule is CCOC(=O)c1ccccc1C=C=O. The Morgan fingerprint density at radius 1 is 1.50 bits per heavy atom. The molecular formula is C11H10O3. The van der Waals surface area contributed by atoms with Crippen molar-refractivity contribution in [1.29, 1.82) is 0 Å². The predicted octanol–water partition coefficient (Wildman–Crippen LogP) is 1.71. The fraction of sp³-hybridized carbons (Fsp3) is 0.182. The summed E-state index contributed by atoms with van der Waals surface area (Å²) in [6, 6.07) is 6.73. The number of carbonyl (C=O) groups is 1. The second-order valence-electron chi connectivity index (χ2n) is 2.57. The molecule has 1 rings (SSSR count). The minimum atomic E-state index is -0.422. The van der Waals surface area contributed by atoms with Gasteiger partial charge in [-0.25, -0.2) is 9.59 Å². The fourth-order valence-electron chi connectivity index (χ4n) is 1.08. The molecule has 0 atom stereocenters. The van der Waals surface area contributed by atoms with Crippen LogP contribution in [0.3, 0.4) is 0 Å². The minimum Gasteiger partial charge on any atom is -0.462 e. The van der Waals surface area contributed by atoms with Crippen LogP contribution in [0.5, 0.6) is 0 Å². The Balaban J connectivity index is 3.06. The van der Waals surface area contributed by atoms with Gasteiger partial charge in [-0.15, -0.1) is 0 Å². The number of ether oxygens (including phenoxy) is 1. The van der Waals surface area contributed by atoms with Crippen LogP contribution in [-0.2, 0) is 9.53 Å². The lowest BCUT2D eigenvalue weighted by molar-refractivity contribution is 0.0526. The van der Waals surface area contributed by atoms with Crippen molar-refractivity contribution in [2.75, 3.05) is 6.61 Å². The second kappa shape index (κ2) is 5.00. The summed E-state index contributed by atoms with van der Waals surface area (Å²) < 4.78 is 4.83. The zero-order chi connectivity index (χ0) is 10.4. The van der Waals surface area contributed by atoms with Crippen LogP contribution in [0.25, 0.3) is 6.08 Å². The first-order chi connectivity index (χ1) is 6.79. The summed E-state index contributed by atoms with van der Waals surface area (Å²) in [5.41, 5.74) is 0.915. The first-order valence-corrected chi connectivity index (χ1v) is 4.26. The van der Waals surface area contributed by atoms with Crippen LogP contribution in [0.1, 0.15) is 22.8 Å². The molecule has 0 aliphatic carbocycles. The first-order valence-electron chi connectivity index (χ1n) is 4.26. The molecule has 0 N–H and O–H groups in total. The Morgan fingerprint density at radius 2 is 2.21 bits per heavy atom. The third-order valence-electron chi connectivity index (χ3n) is 1.67. The maximum atomic E-state index is 11.4. The van der Waals surface area contributed by atoms with Crippen LogP contribution < -0.4 is 0 Å². The molecule has 0 saturated heterocycles. The highest BCUT2D eigenvalue weighted by Crippen LogP contribution is 2.10. The molecular weight excluding hydrogens is 180 g/mol. The minimum absolute atomic E-state index is 0.317. The fourth-order valence-corrected chi connectivity index (χ4v) is 1.08. The standard InChI is InChI=1S/C11H10O3/c1-2-14-11(13)10-6-4-3-5-9(10)7-8-12/h3-7H,2H2,1H3. The molecule has 1 aromatic carbocycles. The van der Waals surface area contributed by atoms with E-state index in [1.54, 1.807) is 37.1 Å². The second-order valence-corrected chi connectivity index (χ2v) is 2.57. The van der Waals surface area contributed by atoms with Crippen molar-refractivity contribution in [2.45, 2.75) is 6.92 Å². The monoisotopic (exact) mass is 190 g/mol. The van der Waals surface area contributed by atoms with E-state index in [2.05, 4.69) is 0 Å². The molecule has 0 bridgehead atoms. The summed E-state index contributed by atoms with van der Waals surface area (Å²) in [6.45, 7) is 2.05. The van der Waals surface area contributed by atoms with Gasteiger partial charge in [-0.05, 0) is 18.6 Å². The molecule has 0 amide bonds. The van der Waals surface area contributed by atoms with E-state index in [0.717, 1.165) is 0 Å². The summed E-state index contributed by atoms with van der Waals surface area (Å²) in [7, 11) is 0. The van der Waals surface area contributed by atoms with Gasteiger partial charge in [0.15, 0.2) is 0 Å². The first kappa shape index (κ1) is 10.2. The smallest absolute Gasteiger partial charge is 0.338 e. The normalized spacial score (nSPS) is 8.93. The van der Waals surface area contributed by atoms with Crippen molar-refractivity contribution in [1.82, 2.24) is 0 Å². The zero-order valence-electron chi connectivity index (χ0n) is 7.82. The molecule has 0 radical (unpaired) electrons. The van der Waals surface area contributed by atoms with Crippen molar-refractivity contribution in [3.05, 3.63) is 35.4 Å². The van der Waals surface area contributed by atoms with E-state index in [0.29, 0.717) is 17.7 Å². The molecule has 0 aromatic heterocycles. The van der Waals surface area contributed by atoms with Crippen molar-refractivity contribution in [3.63, 3.8) is 0 Å². The van der Waals surface area contributed by atoms with Gasteiger partial charge < -0.3 is 4.74 Å². The third-order valence-corrected chi connectivity index (χ3v) is 1.67. The van der Waals surface area contributed by atoms with Crippen molar-refractivity contribution in [3.8, 4) is 0 Å². The average Bonchev–Trinajstić information content (AvgIpc) is 2.19. The molecule has 3 heteroatoms. The molecule has 0 unspecified atom stereocenters. The maximum Gasteiger partial charge on any atom is 0.338 e. The van der Waals surface area contributed by atoms with Crippen molar-refractivity contribution in [2.24, 2.45) is 0 Å². The van der Waals surface area contributed by atoms with E-state index in [-0.39, 0.29) is 0 Å². The van der Waals surface area contributed by atoms with Crippen LogP contribution in [0.2, 0.25) is 0 Å². The number of carbonyl (C=O) groups excluding carboxylic acids is 2. The Bertz CT molecular complexity index is 376. The van der Waals surface area contributed by atoms with Crippen LogP contribution >= 0.6 is 0 Å². The molecule has 0 fully saturated rings. The Kier molecular flexibility index (Phi) is 3.65. The summed E-state index contributed by atoms with van der Waals surface area (Å²) in [4.78, 5) is 21.5.